The number of hydrogen-bond acceptors (Lipinski definition) is 3. The monoisotopic (exact) mass is 593 g/mol. The van der Waals surface area contributed by atoms with Gasteiger partial charge in [0.05, 0.1) is 16.6 Å². The molecular weight excluding hydrogens is 569 g/mol. The van der Waals surface area contributed by atoms with E-state index in [4.69, 9.17) is 52.1 Å². The minimum absolute atomic E-state index is 0.512. The summed E-state index contributed by atoms with van der Waals surface area (Å²) in [5.41, 5.74) is 8.24. The first-order valence-corrected chi connectivity index (χ1v) is 14.4. The molecule has 0 radical (unpaired) electrons. The maximum atomic E-state index is 6.50. The van der Waals surface area contributed by atoms with Gasteiger partial charge < -0.3 is 15.2 Å². The van der Waals surface area contributed by atoms with Crippen molar-refractivity contribution in [2.45, 2.75) is 39.3 Å². The predicted octanol–water partition coefficient (Wildman–Crippen LogP) is 8.81. The molecule has 0 fully saturated rings. The first-order chi connectivity index (χ1) is 18.9. The van der Waals surface area contributed by atoms with Crippen LogP contribution >= 0.6 is 47.0 Å². The Bertz CT molecular complexity index is 1700. The number of para-hydroxylation sites is 1. The summed E-state index contributed by atoms with van der Waals surface area (Å²) in [6.45, 7) is 3.52. The topological polar surface area (TPSA) is 46.3 Å². The van der Waals surface area contributed by atoms with Gasteiger partial charge in [0, 0.05) is 34.1 Å². The third-order valence-corrected chi connectivity index (χ3v) is 8.46. The molecule has 5 nitrogen and oxygen atoms in total. The van der Waals surface area contributed by atoms with E-state index in [9.17, 15) is 0 Å². The highest BCUT2D eigenvalue weighted by molar-refractivity contribution is 7.81. The van der Waals surface area contributed by atoms with Crippen LogP contribution in [0.3, 0.4) is 0 Å². The fourth-order valence-corrected chi connectivity index (χ4v) is 5.97. The molecule has 5 aromatic rings. The average Bonchev–Trinajstić information content (AvgIpc) is 3.33. The highest BCUT2D eigenvalue weighted by Crippen LogP contribution is 2.39. The molecule has 0 saturated carbocycles. The number of rotatable bonds is 6. The first kappa shape index (κ1) is 26.2. The van der Waals surface area contributed by atoms with Crippen molar-refractivity contribution in [3.05, 3.63) is 104 Å². The van der Waals surface area contributed by atoms with Crippen LogP contribution in [0.25, 0.3) is 16.8 Å². The maximum absolute atomic E-state index is 6.50. The number of aromatic nitrogens is 3. The van der Waals surface area contributed by atoms with Crippen molar-refractivity contribution in [2.75, 3.05) is 10.6 Å². The normalized spacial score (nSPS) is 12.9. The zero-order chi connectivity index (χ0) is 27.1. The largest absolute Gasteiger partial charge is 0.378 e. The van der Waals surface area contributed by atoms with Gasteiger partial charge >= 0.3 is 0 Å². The minimum atomic E-state index is 0.512. The van der Waals surface area contributed by atoms with Gasteiger partial charge in [0.15, 0.2) is 5.82 Å². The van der Waals surface area contributed by atoms with Crippen LogP contribution in [-0.4, -0.2) is 19.2 Å². The second-order valence-corrected chi connectivity index (χ2v) is 11.4. The third-order valence-electron chi connectivity index (χ3n) is 7.17. The van der Waals surface area contributed by atoms with Crippen LogP contribution in [0.4, 0.5) is 11.4 Å². The summed E-state index contributed by atoms with van der Waals surface area (Å²) in [6.07, 6.45) is 3.05. The van der Waals surface area contributed by atoms with Gasteiger partial charge in [-0.15, -0.1) is 0 Å². The van der Waals surface area contributed by atoms with Crippen LogP contribution in [0, 0.1) is 6.92 Å². The van der Waals surface area contributed by atoms with Gasteiger partial charge in [-0.2, -0.15) is 5.10 Å². The quantitative estimate of drug-likeness (QED) is 0.193. The lowest BCUT2D eigenvalue weighted by Gasteiger charge is -2.13. The lowest BCUT2D eigenvalue weighted by molar-refractivity contribution is 0.619. The Morgan fingerprint density at radius 1 is 0.974 bits per heavy atom. The van der Waals surface area contributed by atoms with Crippen LogP contribution in [0.2, 0.25) is 15.1 Å². The molecule has 0 bridgehead atoms. The molecule has 3 aromatic carbocycles. The van der Waals surface area contributed by atoms with Crippen LogP contribution in [0.15, 0.2) is 66.7 Å². The van der Waals surface area contributed by atoms with Gasteiger partial charge in [0.25, 0.3) is 0 Å². The van der Waals surface area contributed by atoms with Crippen molar-refractivity contribution in [2.24, 2.45) is 0 Å². The molecule has 1 aliphatic rings. The molecule has 0 unspecified atom stereocenters. The number of nitrogens with zero attached hydrogens (tertiary/aromatic N) is 3. The van der Waals surface area contributed by atoms with Gasteiger partial charge in [0.1, 0.15) is 16.3 Å². The molecule has 9 heteroatoms. The average molecular weight is 595 g/mol. The van der Waals surface area contributed by atoms with Crippen molar-refractivity contribution >= 4 is 69.0 Å². The van der Waals surface area contributed by atoms with Crippen molar-refractivity contribution in [1.29, 1.82) is 0 Å². The lowest BCUT2D eigenvalue weighted by Crippen LogP contribution is -2.15. The lowest BCUT2D eigenvalue weighted by atomic mass is 9.98. The number of thiocarbonyl (C=S) groups is 1. The van der Waals surface area contributed by atoms with E-state index < -0.39 is 0 Å². The van der Waals surface area contributed by atoms with Crippen LogP contribution < -0.4 is 10.6 Å². The molecule has 2 N–H and O–H groups in total. The Kier molecular flexibility index (Phi) is 7.29. The summed E-state index contributed by atoms with van der Waals surface area (Å²) in [4.78, 5) is 0.606. The second kappa shape index (κ2) is 10.9. The molecule has 1 aliphatic heterocycles. The van der Waals surface area contributed by atoms with E-state index in [1.54, 1.807) is 0 Å². The van der Waals surface area contributed by atoms with Gasteiger partial charge in [-0.1, -0.05) is 71.3 Å². The number of anilines is 2. The van der Waals surface area contributed by atoms with E-state index in [-0.39, 0.29) is 0 Å². The molecule has 0 amide bonds. The molecule has 0 saturated heterocycles. The summed E-state index contributed by atoms with van der Waals surface area (Å²) in [5, 5.41) is 13.9. The van der Waals surface area contributed by atoms with E-state index in [2.05, 4.69) is 28.2 Å². The van der Waals surface area contributed by atoms with Crippen molar-refractivity contribution in [1.82, 2.24) is 14.2 Å². The number of halogens is 3. The molecule has 39 heavy (non-hydrogen) atoms. The highest BCUT2D eigenvalue weighted by atomic mass is 35.5. The summed E-state index contributed by atoms with van der Waals surface area (Å²) >= 11 is 25.0. The molecule has 0 aliphatic carbocycles. The highest BCUT2D eigenvalue weighted by Gasteiger charge is 2.29. The fraction of sp³-hybridized carbons (Fsp3) is 0.200. The van der Waals surface area contributed by atoms with E-state index in [1.165, 1.54) is 5.56 Å². The number of hydrogen-bond donors (Lipinski definition) is 2. The zero-order valence-electron chi connectivity index (χ0n) is 21.3. The summed E-state index contributed by atoms with van der Waals surface area (Å²) in [7, 11) is 0. The number of benzene rings is 3. The van der Waals surface area contributed by atoms with Crippen LogP contribution in [0.1, 0.15) is 35.5 Å². The number of nitrogens with one attached hydrogen (secondary N) is 2. The molecular formula is C30H26Cl3N5S. The second-order valence-electron chi connectivity index (χ2n) is 9.72. The van der Waals surface area contributed by atoms with E-state index in [1.807, 2.05) is 65.2 Å². The Morgan fingerprint density at radius 3 is 2.54 bits per heavy atom. The number of aryl methyl sites for hydroxylation is 3. The van der Waals surface area contributed by atoms with Gasteiger partial charge in [0.2, 0.25) is 0 Å². The van der Waals surface area contributed by atoms with E-state index >= 15 is 0 Å². The molecule has 0 atom stereocenters. The standard InChI is InChI=1S/C30H26Cl3N5S/c1-18-6-2-3-8-25(18)35-29(39)28-27(19-9-14-23(32)24(33)16-19)22-7-4-5-15-37-26(36-38(28)30(22)37)17-34-21-12-10-20(31)11-13-21/h2-3,6,8-14,16,34H,4-5,7,15,17H2,1H3,(H,35,39). The Hall–Kier alpha value is -3.03. The van der Waals surface area contributed by atoms with Crippen molar-refractivity contribution < 1.29 is 0 Å². The molecule has 3 heterocycles. The SMILES string of the molecule is Cc1ccccc1NC(=S)c1c(-c2ccc(Cl)c(Cl)c2)c2c3n(c(CNc4ccc(Cl)cc4)nn13)CCCC2. The Morgan fingerprint density at radius 2 is 1.77 bits per heavy atom. The maximum Gasteiger partial charge on any atom is 0.150 e. The Balaban J connectivity index is 1.51. The van der Waals surface area contributed by atoms with Gasteiger partial charge in [-0.25, -0.2) is 4.52 Å². The summed E-state index contributed by atoms with van der Waals surface area (Å²) < 4.78 is 4.34. The molecule has 198 valence electrons. The minimum Gasteiger partial charge on any atom is -0.378 e. The zero-order valence-corrected chi connectivity index (χ0v) is 24.4. The van der Waals surface area contributed by atoms with Crippen LogP contribution in [0.5, 0.6) is 0 Å². The smallest absolute Gasteiger partial charge is 0.150 e. The molecule has 6 rings (SSSR count). The molecule has 2 aromatic heterocycles. The Labute approximate surface area is 247 Å². The summed E-state index contributed by atoms with van der Waals surface area (Å²) in [6, 6.07) is 21.6. The van der Waals surface area contributed by atoms with E-state index in [0.717, 1.165) is 71.0 Å². The molecule has 0 spiro atoms. The van der Waals surface area contributed by atoms with Gasteiger partial charge in [-0.05, 0) is 79.8 Å². The van der Waals surface area contributed by atoms with Crippen LogP contribution in [-0.2, 0) is 19.5 Å². The van der Waals surface area contributed by atoms with E-state index in [0.29, 0.717) is 26.6 Å². The van der Waals surface area contributed by atoms with Crippen molar-refractivity contribution in [3.8, 4) is 11.1 Å². The van der Waals surface area contributed by atoms with Gasteiger partial charge in [-0.3, -0.25) is 0 Å². The fourth-order valence-electron chi connectivity index (χ4n) is 5.25. The first-order valence-electron chi connectivity index (χ1n) is 12.9. The summed E-state index contributed by atoms with van der Waals surface area (Å²) in [5.74, 6) is 0.948. The third kappa shape index (κ3) is 5.03. The predicted molar refractivity (Wildman–Crippen MR) is 167 cm³/mol. The van der Waals surface area contributed by atoms with Crippen molar-refractivity contribution in [3.63, 3.8) is 0 Å².